The van der Waals surface area contributed by atoms with Crippen LogP contribution in [0.3, 0.4) is 0 Å². The molecule has 0 bridgehead atoms. The number of nitriles is 1. The zero-order valence-corrected chi connectivity index (χ0v) is 17.5. The largest absolute Gasteiger partial charge is 0.358 e. The Labute approximate surface area is 162 Å². The predicted octanol–water partition coefficient (Wildman–Crippen LogP) is 2.34. The first-order valence-electron chi connectivity index (χ1n) is 7.87. The third-order valence-electron chi connectivity index (χ3n) is 4.40. The number of aromatic nitrogens is 3. The average molecular weight is 511 g/mol. The van der Waals surface area contributed by atoms with Gasteiger partial charge in [-0.2, -0.15) is 5.26 Å². The maximum atomic E-state index is 12.2. The van der Waals surface area contributed by atoms with Gasteiger partial charge in [0.05, 0.1) is 11.5 Å². The number of hydrazine groups is 1. The number of hydrogen-bond donors (Lipinski definition) is 1. The molecule has 0 saturated carbocycles. The number of nitrogens with one attached hydrogen (secondary N) is 1. The van der Waals surface area contributed by atoms with Crippen molar-refractivity contribution in [3.63, 3.8) is 0 Å². The van der Waals surface area contributed by atoms with E-state index in [1.807, 2.05) is 30.4 Å². The maximum absolute atomic E-state index is 12.2. The Balaban J connectivity index is 0.00000156. The minimum atomic E-state index is 0. The number of rotatable bonds is 5. The fourth-order valence-corrected chi connectivity index (χ4v) is 3.13. The van der Waals surface area contributed by atoms with E-state index in [1.54, 1.807) is 6.33 Å². The molecule has 3 heterocycles. The monoisotopic (exact) mass is 511 g/mol. The topological polar surface area (TPSA) is 88.9 Å². The molecule has 1 aliphatic rings. The Morgan fingerprint density at radius 2 is 2.32 bits per heavy atom. The number of H-pyrrole nitrogens is 1. The van der Waals surface area contributed by atoms with Crippen LogP contribution >= 0.6 is 0 Å². The summed E-state index contributed by atoms with van der Waals surface area (Å²) in [4.78, 5) is 23.9. The molecule has 1 aliphatic heterocycles. The second kappa shape index (κ2) is 9.64. The van der Waals surface area contributed by atoms with Gasteiger partial charge in [0.25, 0.3) is 0 Å². The summed E-state index contributed by atoms with van der Waals surface area (Å²) in [6.07, 6.45) is 5.92. The average Bonchev–Trinajstić information content (AvgIpc) is 3.07. The van der Waals surface area contributed by atoms with Crippen molar-refractivity contribution >= 4 is 22.6 Å². The quantitative estimate of drug-likeness (QED) is 0.621. The van der Waals surface area contributed by atoms with E-state index in [1.165, 1.54) is 0 Å². The number of nitrogens with zero attached hydrogens (tertiary/aromatic N) is 5. The summed E-state index contributed by atoms with van der Waals surface area (Å²) in [5, 5.41) is 13.8. The van der Waals surface area contributed by atoms with Gasteiger partial charge in [-0.05, 0) is 18.9 Å². The van der Waals surface area contributed by atoms with Gasteiger partial charge in [0.2, 0.25) is 0 Å². The minimum Gasteiger partial charge on any atom is -0.358 e. The van der Waals surface area contributed by atoms with Crippen LogP contribution in [0.15, 0.2) is 18.6 Å². The number of piperidine rings is 1. The number of aromatic amines is 1. The van der Waals surface area contributed by atoms with Gasteiger partial charge in [0, 0.05) is 66.2 Å². The summed E-state index contributed by atoms with van der Waals surface area (Å²) in [7, 11) is 1.97. The summed E-state index contributed by atoms with van der Waals surface area (Å²) < 4.78 is 0. The van der Waals surface area contributed by atoms with Crippen LogP contribution in [0.2, 0.25) is 0 Å². The van der Waals surface area contributed by atoms with Crippen LogP contribution in [0.25, 0.3) is 11.0 Å². The first-order valence-corrected chi connectivity index (χ1v) is 7.87. The summed E-state index contributed by atoms with van der Waals surface area (Å²) in [5.41, 5.74) is 0.806. The van der Waals surface area contributed by atoms with Crippen LogP contribution < -0.4 is 5.01 Å². The number of hydrogen-bond acceptors (Lipinski definition) is 6. The van der Waals surface area contributed by atoms with Crippen LogP contribution in [-0.4, -0.2) is 45.9 Å². The van der Waals surface area contributed by atoms with Crippen LogP contribution in [0.4, 0.5) is 5.82 Å². The first-order chi connectivity index (χ1) is 11.2. The van der Waals surface area contributed by atoms with Gasteiger partial charge in [-0.25, -0.2) is 15.0 Å². The van der Waals surface area contributed by atoms with Gasteiger partial charge in [-0.3, -0.25) is 9.80 Å². The summed E-state index contributed by atoms with van der Waals surface area (Å²) in [6, 6.07) is 4.01. The standard InChI is InChI=1S/C16H20N6O.CH3.W/c1-21(16-13-6-8-18-15(13)19-11-20-16)22-9-3-4-12(10-22)14(23)5-2-7-17;;/h6,8,11-12H,2-5,9-10H2,1H3,(H,18,19,20);1H3;/q;-1;. The molecule has 3 rings (SSSR count). The number of carbonyl (C=O) groups is 1. The Hall–Kier alpha value is -1.77. The Bertz CT molecular complexity index is 740. The molecule has 0 aliphatic carbocycles. The fourth-order valence-electron chi connectivity index (χ4n) is 3.13. The van der Waals surface area contributed by atoms with E-state index < -0.39 is 0 Å². The number of ketones is 1. The summed E-state index contributed by atoms with van der Waals surface area (Å²) in [6.45, 7) is 1.57. The Morgan fingerprint density at radius 1 is 1.52 bits per heavy atom. The summed E-state index contributed by atoms with van der Waals surface area (Å²) >= 11 is 0. The van der Waals surface area contributed by atoms with Crippen molar-refractivity contribution in [3.05, 3.63) is 26.0 Å². The zero-order valence-electron chi connectivity index (χ0n) is 14.6. The van der Waals surface area contributed by atoms with Gasteiger partial charge in [0.1, 0.15) is 17.8 Å². The summed E-state index contributed by atoms with van der Waals surface area (Å²) in [5.74, 6) is 1.03. The number of Topliss-reactive ketones (excluding diaryl/α,β-unsaturated/α-hetero) is 1. The number of carbonyl (C=O) groups excluding carboxylic acids is 1. The molecule has 0 spiro atoms. The second-order valence-electron chi connectivity index (χ2n) is 5.84. The molecule has 1 atom stereocenters. The molecule has 2 aromatic rings. The third kappa shape index (κ3) is 4.65. The molecule has 1 saturated heterocycles. The molecule has 25 heavy (non-hydrogen) atoms. The van der Waals surface area contributed by atoms with Crippen LogP contribution in [0, 0.1) is 24.7 Å². The normalized spacial score (nSPS) is 17.2. The van der Waals surface area contributed by atoms with Gasteiger partial charge < -0.3 is 12.4 Å². The van der Waals surface area contributed by atoms with Gasteiger partial charge >= 0.3 is 0 Å². The van der Waals surface area contributed by atoms with Crippen molar-refractivity contribution in [3.8, 4) is 6.07 Å². The SMILES string of the molecule is CN(c1ncnc2[nH]ccc12)N1CCCC(C(=O)CCC#N)C1.[CH3-].[W]. The van der Waals surface area contributed by atoms with E-state index in [-0.39, 0.29) is 40.2 Å². The van der Waals surface area contributed by atoms with Crippen molar-refractivity contribution in [1.82, 2.24) is 20.0 Å². The van der Waals surface area contributed by atoms with Crippen molar-refractivity contribution < 1.29 is 25.9 Å². The van der Waals surface area contributed by atoms with Crippen LogP contribution in [-0.2, 0) is 25.9 Å². The molecule has 1 unspecified atom stereocenters. The molecule has 7 nitrogen and oxygen atoms in total. The predicted molar refractivity (Wildman–Crippen MR) is 92.9 cm³/mol. The van der Waals surface area contributed by atoms with E-state index in [4.69, 9.17) is 5.26 Å². The number of fused-ring (bicyclic) bond motifs is 1. The molecule has 8 heteroatoms. The molecule has 134 valence electrons. The Kier molecular flexibility index (Phi) is 8.21. The van der Waals surface area contributed by atoms with Gasteiger partial charge in [-0.1, -0.05) is 0 Å². The van der Waals surface area contributed by atoms with Crippen LogP contribution in [0.5, 0.6) is 0 Å². The van der Waals surface area contributed by atoms with E-state index in [0.717, 1.165) is 36.2 Å². The van der Waals surface area contributed by atoms with E-state index in [0.29, 0.717) is 19.4 Å². The van der Waals surface area contributed by atoms with Crippen molar-refractivity contribution in [2.75, 3.05) is 25.1 Å². The third-order valence-corrected chi connectivity index (χ3v) is 4.40. The zero-order chi connectivity index (χ0) is 16.2. The van der Waals surface area contributed by atoms with E-state index >= 15 is 0 Å². The molecule has 0 aromatic carbocycles. The molecule has 0 amide bonds. The molecule has 2 aromatic heterocycles. The smallest absolute Gasteiger partial charge is 0.155 e. The minimum absolute atomic E-state index is 0. The Morgan fingerprint density at radius 3 is 3.08 bits per heavy atom. The van der Waals surface area contributed by atoms with E-state index in [2.05, 4.69) is 20.0 Å². The molecule has 1 N–H and O–H groups in total. The number of anilines is 1. The van der Waals surface area contributed by atoms with Gasteiger partial charge in [0.15, 0.2) is 5.82 Å². The van der Waals surface area contributed by atoms with Gasteiger partial charge in [-0.15, -0.1) is 0 Å². The maximum Gasteiger partial charge on any atom is 0.155 e. The van der Waals surface area contributed by atoms with Crippen molar-refractivity contribution in [1.29, 1.82) is 5.26 Å². The second-order valence-corrected chi connectivity index (χ2v) is 5.84. The van der Waals surface area contributed by atoms with E-state index in [9.17, 15) is 4.79 Å². The van der Waals surface area contributed by atoms with Crippen molar-refractivity contribution in [2.45, 2.75) is 25.7 Å². The molecule has 0 radical (unpaired) electrons. The molecule has 1 fully saturated rings. The molecular weight excluding hydrogens is 488 g/mol. The fraction of sp³-hybridized carbons (Fsp3) is 0.471. The molecular formula is C17H23N6OW-. The first kappa shape index (κ1) is 21.3. The van der Waals surface area contributed by atoms with Crippen LogP contribution in [0.1, 0.15) is 25.7 Å². The van der Waals surface area contributed by atoms with Crippen molar-refractivity contribution in [2.24, 2.45) is 5.92 Å².